The van der Waals surface area contributed by atoms with Crippen molar-refractivity contribution >= 4 is 46.6 Å². The van der Waals surface area contributed by atoms with Gasteiger partial charge in [0.05, 0.1) is 16.5 Å². The minimum absolute atomic E-state index is 0.118. The zero-order valence-corrected chi connectivity index (χ0v) is 20.5. The first-order valence-corrected chi connectivity index (χ1v) is 11.8. The molecule has 0 heterocycles. The van der Waals surface area contributed by atoms with Crippen molar-refractivity contribution in [2.24, 2.45) is 0 Å². The molecule has 0 spiro atoms. The van der Waals surface area contributed by atoms with Gasteiger partial charge in [0.25, 0.3) is 0 Å². The topological polar surface area (TPSA) is 49.4 Å². The molecule has 1 N–H and O–H groups in total. The second kappa shape index (κ2) is 12.1. The number of nitrogens with zero attached hydrogens (tertiary/aromatic N) is 1. The molecule has 1 atom stereocenters. The van der Waals surface area contributed by atoms with Gasteiger partial charge in [-0.25, -0.2) is 0 Å². The van der Waals surface area contributed by atoms with Gasteiger partial charge in [0.15, 0.2) is 0 Å². The zero-order chi connectivity index (χ0) is 23.8. The SMILES string of the molecule is CCNC(=O)C(Cc1ccccc1)N(Cc1ccc(Cl)c(Cl)c1)C(=O)Cc1cccc(Cl)c1. The average molecular weight is 504 g/mol. The molecule has 0 aliphatic heterocycles. The molecule has 2 amide bonds. The number of carbonyl (C=O) groups excluding carboxylic acids is 2. The number of carbonyl (C=O) groups is 2. The maximum atomic E-state index is 13.6. The molecule has 1 unspecified atom stereocenters. The van der Waals surface area contributed by atoms with Gasteiger partial charge in [0.2, 0.25) is 11.8 Å². The van der Waals surface area contributed by atoms with Crippen molar-refractivity contribution in [1.29, 1.82) is 0 Å². The Morgan fingerprint density at radius 3 is 2.24 bits per heavy atom. The van der Waals surface area contributed by atoms with Crippen molar-refractivity contribution < 1.29 is 9.59 Å². The molecule has 0 aliphatic carbocycles. The minimum Gasteiger partial charge on any atom is -0.355 e. The van der Waals surface area contributed by atoms with Crippen molar-refractivity contribution in [2.75, 3.05) is 6.54 Å². The number of halogens is 3. The monoisotopic (exact) mass is 502 g/mol. The third-order valence-corrected chi connectivity index (χ3v) is 6.18. The van der Waals surface area contributed by atoms with E-state index in [4.69, 9.17) is 34.8 Å². The molecule has 172 valence electrons. The number of benzene rings is 3. The van der Waals surface area contributed by atoms with Gasteiger partial charge in [-0.2, -0.15) is 0 Å². The van der Waals surface area contributed by atoms with Gasteiger partial charge >= 0.3 is 0 Å². The van der Waals surface area contributed by atoms with Crippen LogP contribution < -0.4 is 5.32 Å². The third-order valence-electron chi connectivity index (χ3n) is 5.20. The smallest absolute Gasteiger partial charge is 0.243 e. The van der Waals surface area contributed by atoms with Crippen LogP contribution in [0.4, 0.5) is 0 Å². The predicted octanol–water partition coefficient (Wildman–Crippen LogP) is 5.97. The summed E-state index contributed by atoms with van der Waals surface area (Å²) in [5.41, 5.74) is 2.52. The second-order valence-electron chi connectivity index (χ2n) is 7.68. The quantitative estimate of drug-likeness (QED) is 0.391. The molecule has 4 nitrogen and oxygen atoms in total. The fourth-order valence-electron chi connectivity index (χ4n) is 3.60. The summed E-state index contributed by atoms with van der Waals surface area (Å²) >= 11 is 18.4. The molecule has 0 aliphatic rings. The highest BCUT2D eigenvalue weighted by atomic mass is 35.5. The van der Waals surface area contributed by atoms with Gasteiger partial charge in [0.1, 0.15) is 6.04 Å². The summed E-state index contributed by atoms with van der Waals surface area (Å²) < 4.78 is 0. The van der Waals surface area contributed by atoms with E-state index in [0.29, 0.717) is 28.0 Å². The van der Waals surface area contributed by atoms with E-state index >= 15 is 0 Å². The number of likely N-dealkylation sites (N-methyl/N-ethyl adjacent to an activating group) is 1. The molecule has 33 heavy (non-hydrogen) atoms. The summed E-state index contributed by atoms with van der Waals surface area (Å²) in [6.07, 6.45) is 0.502. The number of nitrogens with one attached hydrogen (secondary N) is 1. The first-order valence-electron chi connectivity index (χ1n) is 10.7. The standard InChI is InChI=1S/C26H25Cl3N2O2/c1-2-30-26(33)24(15-18-7-4-3-5-8-18)31(17-20-11-12-22(28)23(29)14-20)25(32)16-19-9-6-10-21(27)13-19/h3-14,24H,2,15-17H2,1H3,(H,30,33). The Balaban J connectivity index is 1.97. The van der Waals surface area contributed by atoms with E-state index in [1.807, 2.05) is 49.4 Å². The van der Waals surface area contributed by atoms with E-state index in [9.17, 15) is 9.59 Å². The summed E-state index contributed by atoms with van der Waals surface area (Å²) in [5.74, 6) is -0.392. The van der Waals surface area contributed by atoms with Crippen LogP contribution in [-0.4, -0.2) is 29.3 Å². The molecule has 3 rings (SSSR count). The zero-order valence-electron chi connectivity index (χ0n) is 18.2. The molecule has 0 bridgehead atoms. The van der Waals surface area contributed by atoms with E-state index in [-0.39, 0.29) is 24.8 Å². The van der Waals surface area contributed by atoms with Crippen molar-refractivity contribution in [3.63, 3.8) is 0 Å². The van der Waals surface area contributed by atoms with Crippen LogP contribution in [-0.2, 0) is 29.0 Å². The van der Waals surface area contributed by atoms with Crippen molar-refractivity contribution in [3.8, 4) is 0 Å². The Kier molecular flexibility index (Phi) is 9.19. The van der Waals surface area contributed by atoms with E-state index < -0.39 is 6.04 Å². The normalized spacial score (nSPS) is 11.6. The van der Waals surface area contributed by atoms with Gasteiger partial charge in [-0.1, -0.05) is 83.3 Å². The molecule has 0 fully saturated rings. The number of hydrogen-bond donors (Lipinski definition) is 1. The van der Waals surface area contributed by atoms with Crippen LogP contribution in [0.3, 0.4) is 0 Å². The molecule has 7 heteroatoms. The maximum absolute atomic E-state index is 13.6. The molecular weight excluding hydrogens is 479 g/mol. The molecule has 3 aromatic rings. The molecule has 0 saturated heterocycles. The fraction of sp³-hybridized carbons (Fsp3) is 0.231. The highest BCUT2D eigenvalue weighted by Gasteiger charge is 2.30. The van der Waals surface area contributed by atoms with Crippen molar-refractivity contribution in [1.82, 2.24) is 10.2 Å². The highest BCUT2D eigenvalue weighted by molar-refractivity contribution is 6.42. The lowest BCUT2D eigenvalue weighted by atomic mass is 10.0. The lowest BCUT2D eigenvalue weighted by Crippen LogP contribution is -2.50. The number of rotatable bonds is 9. The second-order valence-corrected chi connectivity index (χ2v) is 8.93. The van der Waals surface area contributed by atoms with Gasteiger partial charge < -0.3 is 10.2 Å². The first kappa shape index (κ1) is 25.1. The molecular formula is C26H25Cl3N2O2. The lowest BCUT2D eigenvalue weighted by molar-refractivity contribution is -0.140. The van der Waals surface area contributed by atoms with Gasteiger partial charge in [0, 0.05) is 24.5 Å². The number of hydrogen-bond acceptors (Lipinski definition) is 2. The van der Waals surface area contributed by atoms with Crippen LogP contribution in [0.2, 0.25) is 15.1 Å². The Hall–Kier alpha value is -2.53. The predicted molar refractivity (Wildman–Crippen MR) is 135 cm³/mol. The van der Waals surface area contributed by atoms with Crippen LogP contribution in [0.1, 0.15) is 23.6 Å². The van der Waals surface area contributed by atoms with Crippen LogP contribution in [0.5, 0.6) is 0 Å². The van der Waals surface area contributed by atoms with Gasteiger partial charge in [-0.15, -0.1) is 0 Å². The van der Waals surface area contributed by atoms with E-state index in [0.717, 1.165) is 16.7 Å². The Morgan fingerprint density at radius 2 is 1.58 bits per heavy atom. The summed E-state index contributed by atoms with van der Waals surface area (Å²) in [5, 5.41) is 4.27. The Bertz CT molecular complexity index is 1110. The molecule has 0 radical (unpaired) electrons. The minimum atomic E-state index is -0.700. The van der Waals surface area contributed by atoms with Crippen LogP contribution in [0.25, 0.3) is 0 Å². The summed E-state index contributed by atoms with van der Waals surface area (Å²) in [4.78, 5) is 28.3. The van der Waals surface area contributed by atoms with Crippen LogP contribution in [0.15, 0.2) is 72.8 Å². The van der Waals surface area contributed by atoms with Crippen molar-refractivity contribution in [3.05, 3.63) is 105 Å². The van der Waals surface area contributed by atoms with Crippen LogP contribution >= 0.6 is 34.8 Å². The van der Waals surface area contributed by atoms with Crippen molar-refractivity contribution in [2.45, 2.75) is 32.4 Å². The Labute approximate surface area is 209 Å². The third kappa shape index (κ3) is 7.23. The van der Waals surface area contributed by atoms with Crippen LogP contribution in [0, 0.1) is 0 Å². The number of amides is 2. The molecule has 0 saturated carbocycles. The molecule has 0 aromatic heterocycles. The lowest BCUT2D eigenvalue weighted by Gasteiger charge is -2.31. The first-order chi connectivity index (χ1) is 15.9. The summed E-state index contributed by atoms with van der Waals surface area (Å²) in [7, 11) is 0. The summed E-state index contributed by atoms with van der Waals surface area (Å²) in [6.45, 7) is 2.53. The van der Waals surface area contributed by atoms with E-state index in [1.54, 1.807) is 35.2 Å². The fourth-order valence-corrected chi connectivity index (χ4v) is 4.14. The summed E-state index contributed by atoms with van der Waals surface area (Å²) in [6, 6.07) is 21.3. The highest BCUT2D eigenvalue weighted by Crippen LogP contribution is 2.25. The van der Waals surface area contributed by atoms with E-state index in [1.165, 1.54) is 0 Å². The average Bonchev–Trinajstić information content (AvgIpc) is 2.79. The maximum Gasteiger partial charge on any atom is 0.243 e. The van der Waals surface area contributed by atoms with E-state index in [2.05, 4.69) is 5.32 Å². The van der Waals surface area contributed by atoms with Gasteiger partial charge in [-0.05, 0) is 47.9 Å². The molecule has 3 aromatic carbocycles. The largest absolute Gasteiger partial charge is 0.355 e. The van der Waals surface area contributed by atoms with Gasteiger partial charge in [-0.3, -0.25) is 9.59 Å². The Morgan fingerprint density at radius 1 is 0.848 bits per heavy atom.